The summed E-state index contributed by atoms with van der Waals surface area (Å²) in [7, 11) is 0. The van der Waals surface area contributed by atoms with Gasteiger partial charge in [-0.25, -0.2) is 4.79 Å². The van der Waals surface area contributed by atoms with Gasteiger partial charge in [-0.15, -0.1) is 0 Å². The molecule has 0 radical (unpaired) electrons. The van der Waals surface area contributed by atoms with Gasteiger partial charge in [0.05, 0.1) is 16.3 Å². The summed E-state index contributed by atoms with van der Waals surface area (Å²) in [6, 6.07) is 8.85. The Bertz CT molecular complexity index is 1020. The lowest BCUT2D eigenvalue weighted by Crippen LogP contribution is -2.45. The quantitative estimate of drug-likeness (QED) is 0.520. The molecule has 2 N–H and O–H groups in total. The van der Waals surface area contributed by atoms with Crippen molar-refractivity contribution in [2.75, 3.05) is 0 Å². The van der Waals surface area contributed by atoms with E-state index in [2.05, 4.69) is 0 Å². The Morgan fingerprint density at radius 1 is 1.25 bits per heavy atom. The van der Waals surface area contributed by atoms with Crippen molar-refractivity contribution < 1.29 is 29.0 Å². The van der Waals surface area contributed by atoms with Gasteiger partial charge >= 0.3 is 11.9 Å². The lowest BCUT2D eigenvalue weighted by atomic mass is 10.2. The molecule has 0 saturated carbocycles. The zero-order valence-electron chi connectivity index (χ0n) is 14.0. The van der Waals surface area contributed by atoms with Gasteiger partial charge in [-0.05, 0) is 24.3 Å². The van der Waals surface area contributed by atoms with Crippen molar-refractivity contribution in [3.8, 4) is 11.3 Å². The summed E-state index contributed by atoms with van der Waals surface area (Å²) in [6.07, 6.45) is 0.672. The minimum absolute atomic E-state index is 0.0252. The summed E-state index contributed by atoms with van der Waals surface area (Å²) >= 11 is 12.1. The van der Waals surface area contributed by atoms with Gasteiger partial charge in [-0.1, -0.05) is 47.7 Å². The molecule has 1 atom stereocenters. The zero-order valence-corrected chi connectivity index (χ0v) is 16.4. The molecule has 2 aromatic rings. The third kappa shape index (κ3) is 4.11. The maximum atomic E-state index is 12.6. The van der Waals surface area contributed by atoms with Gasteiger partial charge in [-0.2, -0.15) is 0 Å². The molecular weight excluding hydrogens is 426 g/mol. The van der Waals surface area contributed by atoms with Crippen molar-refractivity contribution in [1.82, 2.24) is 4.90 Å². The van der Waals surface area contributed by atoms with Crippen LogP contribution in [0.4, 0.5) is 0 Å². The second-order valence-electron chi connectivity index (χ2n) is 5.69. The van der Waals surface area contributed by atoms with Crippen molar-refractivity contribution in [3.05, 3.63) is 52.1 Å². The second-order valence-corrected chi connectivity index (χ2v) is 7.77. The van der Waals surface area contributed by atoms with Crippen LogP contribution in [0, 0.1) is 0 Å². The number of carbonyl (C=O) groups excluding carboxylic acids is 1. The Balaban J connectivity index is 1.87. The van der Waals surface area contributed by atoms with Crippen molar-refractivity contribution in [1.29, 1.82) is 0 Å². The van der Waals surface area contributed by atoms with E-state index in [1.807, 2.05) is 6.07 Å². The number of halogens is 1. The molecule has 1 aliphatic heterocycles. The number of carbonyl (C=O) groups is 3. The lowest BCUT2D eigenvalue weighted by Gasteiger charge is -2.21. The number of furan rings is 1. The first kappa shape index (κ1) is 20.1. The Morgan fingerprint density at radius 2 is 1.96 bits per heavy atom. The summed E-state index contributed by atoms with van der Waals surface area (Å²) in [4.78, 5) is 35.9. The number of nitrogens with zero attached hydrogens (tertiary/aromatic N) is 1. The number of benzene rings is 1. The monoisotopic (exact) mass is 437 g/mol. The van der Waals surface area contributed by atoms with E-state index in [0.29, 0.717) is 22.1 Å². The highest BCUT2D eigenvalue weighted by Crippen LogP contribution is 2.36. The van der Waals surface area contributed by atoms with Crippen molar-refractivity contribution in [2.45, 2.75) is 12.5 Å². The normalized spacial score (nSPS) is 16.6. The molecule has 1 amide bonds. The largest absolute Gasteiger partial charge is 0.481 e. The van der Waals surface area contributed by atoms with Gasteiger partial charge in [0, 0.05) is 11.6 Å². The Labute approximate surface area is 173 Å². The summed E-state index contributed by atoms with van der Waals surface area (Å²) in [5, 5.41) is 18.7. The number of hydrogen-bond donors (Lipinski definition) is 2. The Kier molecular flexibility index (Phi) is 5.87. The molecule has 144 valence electrons. The minimum atomic E-state index is -1.58. The van der Waals surface area contributed by atoms with E-state index in [1.165, 1.54) is 6.08 Å². The van der Waals surface area contributed by atoms with E-state index in [1.54, 1.807) is 30.3 Å². The van der Waals surface area contributed by atoms with Crippen LogP contribution in [-0.4, -0.2) is 43.3 Å². The molecule has 1 aromatic carbocycles. The molecule has 3 rings (SSSR count). The second kappa shape index (κ2) is 8.17. The summed E-state index contributed by atoms with van der Waals surface area (Å²) in [6.45, 7) is 0. The van der Waals surface area contributed by atoms with Gasteiger partial charge in [0.2, 0.25) is 0 Å². The molecule has 1 fully saturated rings. The van der Waals surface area contributed by atoms with E-state index in [9.17, 15) is 19.5 Å². The molecule has 0 aliphatic carbocycles. The SMILES string of the molecule is O=C(O)CC(C(=O)O)N1C(=O)/C(=C/c2ccc(-c3ccccc3Cl)o2)SC1=S. The first-order chi connectivity index (χ1) is 13.3. The van der Waals surface area contributed by atoms with E-state index >= 15 is 0 Å². The number of aliphatic carboxylic acids is 2. The standard InChI is InChI=1S/C18H12ClNO6S2/c19-11-4-2-1-3-10(11)13-6-5-9(26-13)7-14-16(23)20(18(27)28-14)12(17(24)25)8-15(21)22/h1-7,12H,8H2,(H,21,22)(H,24,25)/b14-7-. The number of hydrogen-bond acceptors (Lipinski definition) is 6. The number of rotatable bonds is 6. The van der Waals surface area contributed by atoms with Crippen molar-refractivity contribution in [3.63, 3.8) is 0 Å². The highest BCUT2D eigenvalue weighted by molar-refractivity contribution is 8.26. The Hall–Kier alpha value is -2.62. The highest BCUT2D eigenvalue weighted by Gasteiger charge is 2.41. The van der Waals surface area contributed by atoms with Crippen LogP contribution in [0.2, 0.25) is 5.02 Å². The summed E-state index contributed by atoms with van der Waals surface area (Å²) < 4.78 is 5.68. The van der Waals surface area contributed by atoms with Gasteiger partial charge in [0.1, 0.15) is 21.9 Å². The third-order valence-electron chi connectivity index (χ3n) is 3.83. The van der Waals surface area contributed by atoms with Gasteiger partial charge in [0.25, 0.3) is 5.91 Å². The minimum Gasteiger partial charge on any atom is -0.481 e. The molecule has 1 aliphatic rings. The first-order valence-electron chi connectivity index (χ1n) is 7.84. The topological polar surface area (TPSA) is 108 Å². The fourth-order valence-electron chi connectivity index (χ4n) is 2.57. The number of carboxylic acids is 2. The van der Waals surface area contributed by atoms with Crippen molar-refractivity contribution >= 4 is 63.8 Å². The average molecular weight is 438 g/mol. The van der Waals surface area contributed by atoms with Crippen molar-refractivity contribution in [2.24, 2.45) is 0 Å². The molecule has 28 heavy (non-hydrogen) atoms. The molecule has 1 unspecified atom stereocenters. The number of carboxylic acid groups (broad SMARTS) is 2. The van der Waals surface area contributed by atoms with E-state index in [0.717, 1.165) is 16.7 Å². The van der Waals surface area contributed by atoms with Crippen LogP contribution < -0.4 is 0 Å². The van der Waals surface area contributed by atoms with Crippen LogP contribution in [0.1, 0.15) is 12.2 Å². The van der Waals surface area contributed by atoms with Gasteiger partial charge in [0.15, 0.2) is 0 Å². The molecule has 10 heteroatoms. The van der Waals surface area contributed by atoms with E-state index < -0.39 is 30.3 Å². The number of amides is 1. The molecule has 1 saturated heterocycles. The average Bonchev–Trinajstić information content (AvgIpc) is 3.18. The van der Waals surface area contributed by atoms with Crippen LogP contribution in [0.25, 0.3) is 17.4 Å². The molecule has 1 aromatic heterocycles. The van der Waals surface area contributed by atoms with Crippen LogP contribution >= 0.6 is 35.6 Å². The first-order valence-corrected chi connectivity index (χ1v) is 9.44. The predicted octanol–water partition coefficient (Wildman–Crippen LogP) is 3.73. The molecule has 0 spiro atoms. The third-order valence-corrected chi connectivity index (χ3v) is 5.49. The van der Waals surface area contributed by atoms with E-state index in [4.69, 9.17) is 33.3 Å². The smallest absolute Gasteiger partial charge is 0.327 e. The highest BCUT2D eigenvalue weighted by atomic mass is 35.5. The lowest BCUT2D eigenvalue weighted by molar-refractivity contribution is -0.150. The zero-order chi connectivity index (χ0) is 20.4. The molecule has 0 bridgehead atoms. The molecular formula is C18H12ClNO6S2. The molecule has 2 heterocycles. The van der Waals surface area contributed by atoms with Crippen LogP contribution in [-0.2, 0) is 14.4 Å². The maximum Gasteiger partial charge on any atom is 0.327 e. The van der Waals surface area contributed by atoms with E-state index in [-0.39, 0.29) is 9.23 Å². The maximum absolute atomic E-state index is 12.6. The van der Waals surface area contributed by atoms with Gasteiger partial charge < -0.3 is 14.6 Å². The fourth-order valence-corrected chi connectivity index (χ4v) is 4.13. The Morgan fingerprint density at radius 3 is 2.61 bits per heavy atom. The molecule has 7 nitrogen and oxygen atoms in total. The van der Waals surface area contributed by atoms with Gasteiger partial charge in [-0.3, -0.25) is 14.5 Å². The number of thiocarbonyl (C=S) groups is 1. The summed E-state index contributed by atoms with van der Waals surface area (Å²) in [5.41, 5.74) is 0.684. The predicted molar refractivity (Wildman–Crippen MR) is 108 cm³/mol. The summed E-state index contributed by atoms with van der Waals surface area (Å²) in [5.74, 6) is -2.62. The van der Waals surface area contributed by atoms with Crippen LogP contribution in [0.5, 0.6) is 0 Å². The fraction of sp³-hybridized carbons (Fsp3) is 0.111. The van der Waals surface area contributed by atoms with Crippen LogP contribution in [0.15, 0.2) is 45.7 Å². The number of thioether (sulfide) groups is 1. The van der Waals surface area contributed by atoms with Crippen LogP contribution in [0.3, 0.4) is 0 Å².